The lowest BCUT2D eigenvalue weighted by molar-refractivity contribution is 0.0695. The van der Waals surface area contributed by atoms with E-state index in [1.54, 1.807) is 0 Å². The molecule has 2 heterocycles. The Hall–Kier alpha value is -3.03. The van der Waals surface area contributed by atoms with Gasteiger partial charge in [-0.3, -0.25) is 9.36 Å². The summed E-state index contributed by atoms with van der Waals surface area (Å²) in [6.45, 7) is 0. The van der Waals surface area contributed by atoms with Gasteiger partial charge in [0.1, 0.15) is 5.56 Å². The van der Waals surface area contributed by atoms with E-state index in [1.165, 1.54) is 12.3 Å². The minimum atomic E-state index is -1.49. The molecule has 106 valence electrons. The molecule has 0 spiro atoms. The summed E-state index contributed by atoms with van der Waals surface area (Å²) in [4.78, 5) is 23.1. The van der Waals surface area contributed by atoms with Crippen LogP contribution in [0, 0.1) is 11.6 Å². The molecule has 3 aromatic rings. The van der Waals surface area contributed by atoms with Gasteiger partial charge in [0.25, 0.3) is 0 Å². The van der Waals surface area contributed by atoms with E-state index >= 15 is 0 Å². The first-order valence-corrected chi connectivity index (χ1v) is 5.68. The van der Waals surface area contributed by atoms with Crippen LogP contribution in [0.15, 0.2) is 39.9 Å². The molecule has 0 radical (unpaired) electrons. The molecule has 0 unspecified atom stereocenters. The summed E-state index contributed by atoms with van der Waals surface area (Å²) >= 11 is 0. The standard InChI is InChI=1S/C13H6F2N2O4/c14-8-3-6-10(4-9(8)15)17(11-1-2-16-21-11)5-7(12(6)18)13(19)20/h1-5H,(H,19,20). The number of benzene rings is 1. The average Bonchev–Trinajstić information content (AvgIpc) is 2.95. The van der Waals surface area contributed by atoms with Crippen LogP contribution >= 0.6 is 0 Å². The Bertz CT molecular complexity index is 916. The lowest BCUT2D eigenvalue weighted by Crippen LogP contribution is -2.18. The molecule has 0 atom stereocenters. The summed E-state index contributed by atoms with van der Waals surface area (Å²) in [5.74, 6) is -3.84. The fourth-order valence-corrected chi connectivity index (χ4v) is 1.99. The highest BCUT2D eigenvalue weighted by molar-refractivity contribution is 5.93. The van der Waals surface area contributed by atoms with E-state index in [0.717, 1.165) is 16.8 Å². The Labute approximate surface area is 114 Å². The van der Waals surface area contributed by atoms with Crippen LogP contribution in [-0.2, 0) is 0 Å². The SMILES string of the molecule is O=C(O)c1cn(-c2ccno2)c2cc(F)c(F)cc2c1=O. The van der Waals surface area contributed by atoms with E-state index < -0.39 is 28.6 Å². The van der Waals surface area contributed by atoms with Crippen molar-refractivity contribution in [3.63, 3.8) is 0 Å². The van der Waals surface area contributed by atoms with Gasteiger partial charge in [-0.25, -0.2) is 13.6 Å². The molecule has 1 N–H and O–H groups in total. The summed E-state index contributed by atoms with van der Waals surface area (Å²) in [6.07, 6.45) is 2.27. The molecule has 0 aliphatic rings. The van der Waals surface area contributed by atoms with Crippen molar-refractivity contribution in [1.82, 2.24) is 9.72 Å². The number of carboxylic acid groups (broad SMARTS) is 1. The van der Waals surface area contributed by atoms with Crippen molar-refractivity contribution in [2.45, 2.75) is 0 Å². The van der Waals surface area contributed by atoms with Crippen LogP contribution < -0.4 is 5.43 Å². The number of pyridine rings is 1. The maximum absolute atomic E-state index is 13.4. The molecule has 0 saturated heterocycles. The van der Waals surface area contributed by atoms with Crippen molar-refractivity contribution >= 4 is 16.9 Å². The van der Waals surface area contributed by atoms with Crippen LogP contribution in [0.2, 0.25) is 0 Å². The Kier molecular flexibility index (Phi) is 2.79. The van der Waals surface area contributed by atoms with Crippen LogP contribution in [0.3, 0.4) is 0 Å². The molecule has 3 rings (SSSR count). The summed E-state index contributed by atoms with van der Waals surface area (Å²) in [6, 6.07) is 2.84. The second-order valence-corrected chi connectivity index (χ2v) is 4.18. The van der Waals surface area contributed by atoms with Crippen molar-refractivity contribution in [1.29, 1.82) is 0 Å². The molecule has 0 aliphatic carbocycles. The number of aromatic nitrogens is 2. The highest BCUT2D eigenvalue weighted by atomic mass is 19.2. The van der Waals surface area contributed by atoms with Gasteiger partial charge in [0.15, 0.2) is 11.6 Å². The third-order valence-corrected chi connectivity index (χ3v) is 2.94. The van der Waals surface area contributed by atoms with Crippen molar-refractivity contribution in [2.75, 3.05) is 0 Å². The third-order valence-electron chi connectivity index (χ3n) is 2.94. The Morgan fingerprint density at radius 3 is 2.62 bits per heavy atom. The molecule has 6 nitrogen and oxygen atoms in total. The number of fused-ring (bicyclic) bond motifs is 1. The van der Waals surface area contributed by atoms with Gasteiger partial charge in [0.05, 0.1) is 17.1 Å². The van der Waals surface area contributed by atoms with Crippen LogP contribution in [0.5, 0.6) is 0 Å². The minimum absolute atomic E-state index is 0.0272. The van der Waals surface area contributed by atoms with E-state index in [9.17, 15) is 18.4 Å². The van der Waals surface area contributed by atoms with Gasteiger partial charge in [-0.15, -0.1) is 0 Å². The van der Waals surface area contributed by atoms with Crippen molar-refractivity contribution in [3.05, 3.63) is 58.0 Å². The fraction of sp³-hybridized carbons (Fsp3) is 0. The molecule has 0 fully saturated rings. The number of halogens is 2. The lowest BCUT2D eigenvalue weighted by Gasteiger charge is -2.09. The maximum atomic E-state index is 13.4. The van der Waals surface area contributed by atoms with E-state index in [0.29, 0.717) is 6.07 Å². The fourth-order valence-electron chi connectivity index (χ4n) is 1.99. The molecule has 2 aromatic heterocycles. The number of carboxylic acids is 1. The Morgan fingerprint density at radius 2 is 2.00 bits per heavy atom. The predicted molar refractivity (Wildman–Crippen MR) is 66.5 cm³/mol. The molecule has 0 saturated carbocycles. The predicted octanol–water partition coefficient (Wildman–Crippen LogP) is 1.96. The van der Waals surface area contributed by atoms with Gasteiger partial charge in [0.2, 0.25) is 11.3 Å². The average molecular weight is 292 g/mol. The topological polar surface area (TPSA) is 85.3 Å². The number of carbonyl (C=O) groups is 1. The summed E-state index contributed by atoms with van der Waals surface area (Å²) in [5.41, 5.74) is -1.53. The highest BCUT2D eigenvalue weighted by Gasteiger charge is 2.18. The first kappa shape index (κ1) is 13.0. The summed E-state index contributed by atoms with van der Waals surface area (Å²) in [5, 5.41) is 12.2. The van der Waals surface area contributed by atoms with Crippen LogP contribution in [-0.4, -0.2) is 20.8 Å². The van der Waals surface area contributed by atoms with Crippen LogP contribution in [0.1, 0.15) is 10.4 Å². The van der Waals surface area contributed by atoms with E-state index in [2.05, 4.69) is 5.16 Å². The zero-order valence-corrected chi connectivity index (χ0v) is 10.2. The minimum Gasteiger partial charge on any atom is -0.477 e. The van der Waals surface area contributed by atoms with Gasteiger partial charge < -0.3 is 9.63 Å². The smallest absolute Gasteiger partial charge is 0.341 e. The van der Waals surface area contributed by atoms with Crippen molar-refractivity contribution in [3.8, 4) is 5.88 Å². The number of aromatic carboxylic acids is 1. The second-order valence-electron chi connectivity index (χ2n) is 4.18. The molecule has 21 heavy (non-hydrogen) atoms. The number of rotatable bonds is 2. The molecular formula is C13H6F2N2O4. The van der Waals surface area contributed by atoms with Crippen molar-refractivity contribution in [2.24, 2.45) is 0 Å². The molecular weight excluding hydrogens is 286 g/mol. The van der Waals surface area contributed by atoms with Gasteiger partial charge >= 0.3 is 5.97 Å². The molecule has 0 amide bonds. The van der Waals surface area contributed by atoms with Gasteiger partial charge in [-0.2, -0.15) is 0 Å². The van der Waals surface area contributed by atoms with Gasteiger partial charge in [-0.1, -0.05) is 5.16 Å². The number of hydrogen-bond acceptors (Lipinski definition) is 4. The Balaban J connectivity index is 2.51. The third kappa shape index (κ3) is 1.97. The monoisotopic (exact) mass is 292 g/mol. The first-order chi connectivity index (χ1) is 9.99. The van der Waals surface area contributed by atoms with Crippen molar-refractivity contribution < 1.29 is 23.2 Å². The number of hydrogen-bond donors (Lipinski definition) is 1. The van der Waals surface area contributed by atoms with E-state index in [-0.39, 0.29) is 16.8 Å². The molecule has 1 aromatic carbocycles. The summed E-state index contributed by atoms with van der Waals surface area (Å²) in [7, 11) is 0. The van der Waals surface area contributed by atoms with Crippen LogP contribution in [0.4, 0.5) is 8.78 Å². The lowest BCUT2D eigenvalue weighted by atomic mass is 10.1. The van der Waals surface area contributed by atoms with E-state index in [1.807, 2.05) is 0 Å². The Morgan fingerprint density at radius 1 is 1.29 bits per heavy atom. The van der Waals surface area contributed by atoms with Crippen LogP contribution in [0.25, 0.3) is 16.8 Å². The highest BCUT2D eigenvalue weighted by Crippen LogP contribution is 2.20. The normalized spacial score (nSPS) is 11.0. The molecule has 0 bridgehead atoms. The quantitative estimate of drug-likeness (QED) is 0.780. The van der Waals surface area contributed by atoms with Gasteiger partial charge in [-0.05, 0) is 6.07 Å². The zero-order chi connectivity index (χ0) is 15.1. The van der Waals surface area contributed by atoms with E-state index in [4.69, 9.17) is 9.63 Å². The van der Waals surface area contributed by atoms with Gasteiger partial charge in [0, 0.05) is 18.3 Å². The largest absolute Gasteiger partial charge is 0.477 e. The summed E-state index contributed by atoms with van der Waals surface area (Å²) < 4.78 is 32.7. The second kappa shape index (κ2) is 4.51. The molecule has 8 heteroatoms. The maximum Gasteiger partial charge on any atom is 0.341 e. The molecule has 0 aliphatic heterocycles. The number of nitrogens with zero attached hydrogens (tertiary/aromatic N) is 2. The zero-order valence-electron chi connectivity index (χ0n) is 10.2. The first-order valence-electron chi connectivity index (χ1n) is 5.68.